The van der Waals surface area contributed by atoms with E-state index in [2.05, 4.69) is 25.3 Å². The van der Waals surface area contributed by atoms with Crippen molar-refractivity contribution < 1.29 is 4.39 Å². The Morgan fingerprint density at radius 3 is 2.67 bits per heavy atom. The average Bonchev–Trinajstić information content (AvgIpc) is 3.16. The van der Waals surface area contributed by atoms with Gasteiger partial charge in [-0.1, -0.05) is 0 Å². The summed E-state index contributed by atoms with van der Waals surface area (Å²) in [6.07, 6.45) is 5.27. The number of aromatic amines is 1. The largest absolute Gasteiger partial charge is 0.361 e. The van der Waals surface area contributed by atoms with Crippen LogP contribution in [0.15, 0.2) is 73.2 Å². The van der Waals surface area contributed by atoms with E-state index in [0.29, 0.717) is 17.2 Å². The zero-order chi connectivity index (χ0) is 18.2. The van der Waals surface area contributed by atoms with Crippen LogP contribution in [0.4, 0.5) is 15.9 Å². The molecule has 5 nitrogen and oxygen atoms in total. The van der Waals surface area contributed by atoms with Crippen LogP contribution in [0.25, 0.3) is 33.2 Å². The highest BCUT2D eigenvalue weighted by Gasteiger charge is 2.11. The van der Waals surface area contributed by atoms with E-state index in [0.717, 1.165) is 27.5 Å². The van der Waals surface area contributed by atoms with Gasteiger partial charge in [-0.15, -0.1) is 0 Å². The van der Waals surface area contributed by atoms with Crippen LogP contribution in [0.5, 0.6) is 0 Å². The van der Waals surface area contributed by atoms with Crippen LogP contribution in [0.3, 0.4) is 0 Å². The van der Waals surface area contributed by atoms with Gasteiger partial charge in [-0.3, -0.25) is 4.98 Å². The fourth-order valence-corrected chi connectivity index (χ4v) is 3.10. The van der Waals surface area contributed by atoms with E-state index < -0.39 is 0 Å². The van der Waals surface area contributed by atoms with Gasteiger partial charge in [-0.05, 0) is 48.5 Å². The van der Waals surface area contributed by atoms with Crippen molar-refractivity contribution in [3.8, 4) is 11.4 Å². The summed E-state index contributed by atoms with van der Waals surface area (Å²) in [5.74, 6) is 0.809. The van der Waals surface area contributed by atoms with Crippen molar-refractivity contribution in [1.82, 2.24) is 19.9 Å². The molecule has 0 fully saturated rings. The second-order valence-electron chi connectivity index (χ2n) is 6.20. The lowest BCUT2D eigenvalue weighted by molar-refractivity contribution is 0.629. The minimum atomic E-state index is -0.332. The number of rotatable bonds is 3. The predicted molar refractivity (Wildman–Crippen MR) is 104 cm³/mol. The molecule has 27 heavy (non-hydrogen) atoms. The highest BCUT2D eigenvalue weighted by molar-refractivity contribution is 5.93. The lowest BCUT2D eigenvalue weighted by Gasteiger charge is -2.11. The third kappa shape index (κ3) is 2.87. The summed E-state index contributed by atoms with van der Waals surface area (Å²) < 4.78 is 13.8. The number of H-pyrrole nitrogens is 1. The van der Waals surface area contributed by atoms with Crippen LogP contribution in [-0.2, 0) is 0 Å². The first-order valence-electron chi connectivity index (χ1n) is 8.48. The highest BCUT2D eigenvalue weighted by atomic mass is 19.1. The molecule has 3 heterocycles. The molecule has 0 atom stereocenters. The lowest BCUT2D eigenvalue weighted by Crippen LogP contribution is -2.00. The molecule has 0 saturated carbocycles. The third-order valence-electron chi connectivity index (χ3n) is 4.41. The number of fused-ring (bicyclic) bond motifs is 2. The van der Waals surface area contributed by atoms with Gasteiger partial charge in [0.05, 0.1) is 5.52 Å². The van der Waals surface area contributed by atoms with E-state index in [1.165, 1.54) is 12.1 Å². The molecule has 5 aromatic rings. The Balaban J connectivity index is 1.67. The average molecular weight is 355 g/mol. The lowest BCUT2D eigenvalue weighted by atomic mass is 10.2. The molecule has 130 valence electrons. The fraction of sp³-hybridized carbons (Fsp3) is 0. The highest BCUT2D eigenvalue weighted by Crippen LogP contribution is 2.28. The maximum absolute atomic E-state index is 13.8. The Morgan fingerprint density at radius 2 is 1.78 bits per heavy atom. The van der Waals surface area contributed by atoms with Crippen LogP contribution in [0.2, 0.25) is 0 Å². The normalized spacial score (nSPS) is 11.1. The van der Waals surface area contributed by atoms with Crippen molar-refractivity contribution in [3.05, 3.63) is 79.0 Å². The molecular weight excluding hydrogens is 341 g/mol. The molecule has 5 rings (SSSR count). The zero-order valence-electron chi connectivity index (χ0n) is 14.1. The zero-order valence-corrected chi connectivity index (χ0v) is 14.1. The summed E-state index contributed by atoms with van der Waals surface area (Å²) in [6.45, 7) is 0. The maximum Gasteiger partial charge on any atom is 0.162 e. The van der Waals surface area contributed by atoms with Gasteiger partial charge in [0.15, 0.2) is 5.82 Å². The van der Waals surface area contributed by atoms with Crippen LogP contribution in [-0.4, -0.2) is 19.9 Å². The second-order valence-corrected chi connectivity index (χ2v) is 6.20. The molecule has 0 radical (unpaired) electrons. The predicted octanol–water partition coefficient (Wildman–Crippen LogP) is 5.06. The smallest absolute Gasteiger partial charge is 0.162 e. The van der Waals surface area contributed by atoms with Gasteiger partial charge in [-0.2, -0.15) is 0 Å². The number of hydrogen-bond acceptors (Lipinski definition) is 4. The molecule has 0 amide bonds. The molecule has 0 aliphatic carbocycles. The third-order valence-corrected chi connectivity index (χ3v) is 4.41. The van der Waals surface area contributed by atoms with Gasteiger partial charge in [0.2, 0.25) is 0 Å². The van der Waals surface area contributed by atoms with Crippen molar-refractivity contribution in [3.63, 3.8) is 0 Å². The summed E-state index contributed by atoms with van der Waals surface area (Å²) in [5.41, 5.74) is 3.32. The van der Waals surface area contributed by atoms with E-state index in [4.69, 9.17) is 0 Å². The summed E-state index contributed by atoms with van der Waals surface area (Å²) in [6, 6.07) is 16.2. The van der Waals surface area contributed by atoms with E-state index in [1.807, 2.05) is 42.6 Å². The summed E-state index contributed by atoms with van der Waals surface area (Å²) >= 11 is 0. The molecule has 0 aliphatic heterocycles. The van der Waals surface area contributed by atoms with Crippen molar-refractivity contribution >= 4 is 33.3 Å². The van der Waals surface area contributed by atoms with Gasteiger partial charge >= 0.3 is 0 Å². The number of aromatic nitrogens is 4. The van der Waals surface area contributed by atoms with Crippen molar-refractivity contribution in [2.75, 3.05) is 5.32 Å². The fourth-order valence-electron chi connectivity index (χ4n) is 3.10. The van der Waals surface area contributed by atoms with Gasteiger partial charge in [0, 0.05) is 52.2 Å². The first-order valence-corrected chi connectivity index (χ1v) is 8.48. The molecule has 2 aromatic carbocycles. The van der Waals surface area contributed by atoms with E-state index in [1.54, 1.807) is 18.5 Å². The standard InChI is InChI=1S/C21H14FN5/c22-15-1-3-17-19(12-15)26-20(13-5-8-23-9-6-13)27-21(17)25-16-2-4-18-14(11-16)7-10-24-18/h1-12,24H,(H,25,26,27). The molecule has 0 saturated heterocycles. The minimum Gasteiger partial charge on any atom is -0.361 e. The number of halogens is 1. The first kappa shape index (κ1) is 15.5. The van der Waals surface area contributed by atoms with E-state index in [9.17, 15) is 4.39 Å². The van der Waals surface area contributed by atoms with Crippen molar-refractivity contribution in [2.45, 2.75) is 0 Å². The Hall–Kier alpha value is -3.80. The minimum absolute atomic E-state index is 0.332. The number of hydrogen-bond donors (Lipinski definition) is 2. The van der Waals surface area contributed by atoms with E-state index in [-0.39, 0.29) is 5.82 Å². The molecular formula is C21H14FN5. The van der Waals surface area contributed by atoms with Crippen LogP contribution >= 0.6 is 0 Å². The number of pyridine rings is 1. The maximum atomic E-state index is 13.8. The van der Waals surface area contributed by atoms with E-state index >= 15 is 0 Å². The Morgan fingerprint density at radius 1 is 0.889 bits per heavy atom. The molecule has 2 N–H and O–H groups in total. The first-order chi connectivity index (χ1) is 13.3. The number of nitrogens with one attached hydrogen (secondary N) is 2. The van der Waals surface area contributed by atoms with Crippen LogP contribution < -0.4 is 5.32 Å². The number of anilines is 2. The van der Waals surface area contributed by atoms with Crippen molar-refractivity contribution in [1.29, 1.82) is 0 Å². The molecule has 6 heteroatoms. The molecule has 3 aromatic heterocycles. The number of nitrogens with zero attached hydrogens (tertiary/aromatic N) is 3. The molecule has 0 bridgehead atoms. The molecule has 0 spiro atoms. The monoisotopic (exact) mass is 355 g/mol. The Bertz CT molecular complexity index is 1260. The molecule has 0 unspecified atom stereocenters. The van der Waals surface area contributed by atoms with Gasteiger partial charge < -0.3 is 10.3 Å². The Kier molecular flexibility index (Phi) is 3.53. The quantitative estimate of drug-likeness (QED) is 0.475. The van der Waals surface area contributed by atoms with Gasteiger partial charge in [0.25, 0.3) is 0 Å². The number of benzene rings is 2. The Labute approximate surface area is 153 Å². The summed E-state index contributed by atoms with van der Waals surface area (Å²) in [7, 11) is 0. The van der Waals surface area contributed by atoms with Gasteiger partial charge in [0.1, 0.15) is 11.6 Å². The summed E-state index contributed by atoms with van der Waals surface area (Å²) in [4.78, 5) is 16.4. The topological polar surface area (TPSA) is 66.5 Å². The SMILES string of the molecule is Fc1ccc2c(Nc3ccc4[nH]ccc4c3)nc(-c3ccncc3)nc2c1. The van der Waals surface area contributed by atoms with Crippen LogP contribution in [0.1, 0.15) is 0 Å². The van der Waals surface area contributed by atoms with Crippen LogP contribution in [0, 0.1) is 5.82 Å². The second kappa shape index (κ2) is 6.17. The van der Waals surface area contributed by atoms with Crippen molar-refractivity contribution in [2.24, 2.45) is 0 Å². The molecule has 0 aliphatic rings. The van der Waals surface area contributed by atoms with Gasteiger partial charge in [-0.25, -0.2) is 14.4 Å². The summed E-state index contributed by atoms with van der Waals surface area (Å²) in [5, 5.41) is 5.20.